The van der Waals surface area contributed by atoms with Gasteiger partial charge in [0.15, 0.2) is 0 Å². The van der Waals surface area contributed by atoms with E-state index in [0.717, 1.165) is 11.3 Å². The van der Waals surface area contributed by atoms with E-state index in [2.05, 4.69) is 20.7 Å². The zero-order valence-corrected chi connectivity index (χ0v) is 10.8. The summed E-state index contributed by atoms with van der Waals surface area (Å²) >= 11 is 4.30. The van der Waals surface area contributed by atoms with Gasteiger partial charge in [0.1, 0.15) is 0 Å². The van der Waals surface area contributed by atoms with Gasteiger partial charge in [0.05, 0.1) is 16.0 Å². The van der Waals surface area contributed by atoms with E-state index < -0.39 is 11.2 Å². The van der Waals surface area contributed by atoms with Crippen molar-refractivity contribution in [2.45, 2.75) is 6.92 Å². The number of ether oxygens (including phenoxy) is 1. The molecule has 5 nitrogen and oxygen atoms in total. The number of halogens is 1. The van der Waals surface area contributed by atoms with E-state index >= 15 is 0 Å². The summed E-state index contributed by atoms with van der Waals surface area (Å²) in [7, 11) is 0. The Morgan fingerprint density at radius 1 is 1.81 bits per heavy atom. The highest BCUT2D eigenvalue weighted by atomic mass is 79.9. The molecule has 1 aromatic heterocycles. The smallest absolute Gasteiger partial charge is 0.330 e. The topological polar surface area (TPSA) is 74.0 Å². The first-order valence-electron chi connectivity index (χ1n) is 4.42. The predicted molar refractivity (Wildman–Crippen MR) is 63.5 cm³/mol. The van der Waals surface area contributed by atoms with Crippen LogP contribution in [-0.2, 0) is 9.53 Å². The molecule has 0 bridgehead atoms. The summed E-state index contributed by atoms with van der Waals surface area (Å²) in [4.78, 5) is 11.0. The van der Waals surface area contributed by atoms with E-state index in [9.17, 15) is 10.0 Å². The first kappa shape index (κ1) is 13.3. The molecule has 0 aliphatic carbocycles. The highest BCUT2D eigenvalue weighted by Crippen LogP contribution is 2.29. The highest BCUT2D eigenvalue weighted by molar-refractivity contribution is 9.11. The van der Waals surface area contributed by atoms with Gasteiger partial charge in [-0.15, -0.1) is 0 Å². The van der Waals surface area contributed by atoms with Gasteiger partial charge in [-0.2, -0.15) is 5.23 Å². The largest absolute Gasteiger partial charge is 0.594 e. The molecule has 0 fully saturated rings. The molecule has 0 aromatic carbocycles. The first-order valence-corrected chi connectivity index (χ1v) is 6.03. The van der Waals surface area contributed by atoms with Crippen LogP contribution >= 0.6 is 27.3 Å². The van der Waals surface area contributed by atoms with Crippen molar-refractivity contribution in [2.24, 2.45) is 0 Å². The maximum absolute atomic E-state index is 11.0. The molecule has 88 valence electrons. The van der Waals surface area contributed by atoms with Crippen LogP contribution in [0.3, 0.4) is 0 Å². The third-order valence-electron chi connectivity index (χ3n) is 1.61. The molecular formula is C9H10BrNO4S. The minimum absolute atomic E-state index is 0.187. The van der Waals surface area contributed by atoms with Crippen molar-refractivity contribution in [2.75, 3.05) is 6.61 Å². The molecule has 0 aliphatic heterocycles. The lowest BCUT2D eigenvalue weighted by molar-refractivity contribution is -0.989. The van der Waals surface area contributed by atoms with E-state index in [1.807, 2.05) is 0 Å². The average Bonchev–Trinajstić information content (AvgIpc) is 2.57. The Labute approximate surface area is 105 Å². The van der Waals surface area contributed by atoms with Crippen LogP contribution in [0.15, 0.2) is 15.9 Å². The molecule has 0 saturated carbocycles. The molecule has 1 heterocycles. The monoisotopic (exact) mass is 307 g/mol. The van der Waals surface area contributed by atoms with E-state index in [1.165, 1.54) is 12.2 Å². The number of quaternary nitrogens is 1. The molecule has 1 rings (SSSR count). The quantitative estimate of drug-likeness (QED) is 0.502. The molecule has 0 radical (unpaired) electrons. The molecule has 7 heteroatoms. The second-order valence-corrected chi connectivity index (χ2v) is 5.16. The molecular weight excluding hydrogens is 298 g/mol. The van der Waals surface area contributed by atoms with Crippen LogP contribution in [0.5, 0.6) is 0 Å². The molecule has 0 aliphatic rings. The minimum atomic E-state index is -1.01. The van der Waals surface area contributed by atoms with Gasteiger partial charge in [-0.25, -0.2) is 10.0 Å². The van der Waals surface area contributed by atoms with Gasteiger partial charge in [0, 0.05) is 6.08 Å². The van der Waals surface area contributed by atoms with E-state index in [0.29, 0.717) is 16.0 Å². The van der Waals surface area contributed by atoms with Gasteiger partial charge < -0.3 is 9.94 Å². The summed E-state index contributed by atoms with van der Waals surface area (Å²) in [6.45, 7) is 2.00. The minimum Gasteiger partial charge on any atom is -0.594 e. The molecule has 1 unspecified atom stereocenters. The summed E-state index contributed by atoms with van der Waals surface area (Å²) in [6.07, 6.45) is 2.65. The van der Waals surface area contributed by atoms with E-state index in [1.54, 1.807) is 13.0 Å². The summed E-state index contributed by atoms with van der Waals surface area (Å²) in [5.74, 6) is -0.485. The van der Waals surface area contributed by atoms with Crippen molar-refractivity contribution in [1.29, 1.82) is 0 Å². The van der Waals surface area contributed by atoms with Crippen LogP contribution in [0, 0.1) is 5.21 Å². The number of thiophene rings is 1. The average molecular weight is 308 g/mol. The Morgan fingerprint density at radius 2 is 2.50 bits per heavy atom. The number of carbonyl (C=O) groups is 1. The Balaban J connectivity index is 2.84. The molecule has 1 atom stereocenters. The highest BCUT2D eigenvalue weighted by Gasteiger charge is 2.11. The Kier molecular flexibility index (Phi) is 5.10. The maximum Gasteiger partial charge on any atom is 0.330 e. The lowest BCUT2D eigenvalue weighted by atomic mass is 10.3. The van der Waals surface area contributed by atoms with Crippen LogP contribution in [0.25, 0.3) is 6.08 Å². The fourth-order valence-electron chi connectivity index (χ4n) is 1.01. The number of carbonyl (C=O) groups excluding carboxylic acids is 1. The van der Waals surface area contributed by atoms with Crippen LogP contribution < -0.4 is 5.23 Å². The summed E-state index contributed by atoms with van der Waals surface area (Å²) < 4.78 is 5.39. The van der Waals surface area contributed by atoms with Gasteiger partial charge in [0.25, 0.3) is 0 Å². The summed E-state index contributed by atoms with van der Waals surface area (Å²) in [6, 6.07) is 1.64. The van der Waals surface area contributed by atoms with Gasteiger partial charge in [-0.3, -0.25) is 0 Å². The lowest BCUT2D eigenvalue weighted by Crippen LogP contribution is -2.98. The van der Waals surface area contributed by atoms with Crippen molar-refractivity contribution in [3.8, 4) is 0 Å². The van der Waals surface area contributed by atoms with Crippen molar-refractivity contribution in [1.82, 2.24) is 0 Å². The van der Waals surface area contributed by atoms with Crippen LogP contribution in [-0.4, -0.2) is 17.8 Å². The first-order chi connectivity index (χ1) is 7.54. The standard InChI is InChI=1S/C9H10BrNO4S/c1-2-15-8(12)4-3-6-5-7(10)16-9(6)11(13)14/h3-5,11,13H,2H2,1H3/b4-3+. The normalized spacial score (nSPS) is 13.0. The second-order valence-electron chi connectivity index (χ2n) is 2.73. The molecule has 16 heavy (non-hydrogen) atoms. The molecule has 2 N–H and O–H groups in total. The third kappa shape index (κ3) is 3.69. The second kappa shape index (κ2) is 6.12. The van der Waals surface area contributed by atoms with E-state index in [-0.39, 0.29) is 5.00 Å². The molecule has 0 spiro atoms. The van der Waals surface area contributed by atoms with Crippen molar-refractivity contribution in [3.63, 3.8) is 0 Å². The summed E-state index contributed by atoms with van der Waals surface area (Å²) in [5, 5.41) is 18.9. The molecule has 0 saturated heterocycles. The SMILES string of the molecule is CCOC(=O)/C=C/c1cc(Br)sc1[NH+]([O-])O. The fraction of sp³-hybridized carbons (Fsp3) is 0.222. The number of rotatable bonds is 4. The van der Waals surface area contributed by atoms with Crippen molar-refractivity contribution in [3.05, 3.63) is 26.7 Å². The number of esters is 1. The zero-order valence-electron chi connectivity index (χ0n) is 8.40. The zero-order chi connectivity index (χ0) is 12.1. The van der Waals surface area contributed by atoms with Crippen molar-refractivity contribution < 1.29 is 20.0 Å². The number of hydrogen-bond acceptors (Lipinski definition) is 5. The number of nitrogens with one attached hydrogen (secondary N) is 1. The van der Waals surface area contributed by atoms with Gasteiger partial charge in [-0.05, 0) is 35.0 Å². The third-order valence-corrected chi connectivity index (χ3v) is 3.25. The Hall–Kier alpha value is -0.730. The Bertz CT molecular complexity index is 402. The van der Waals surface area contributed by atoms with Gasteiger partial charge in [0.2, 0.25) is 5.00 Å². The fourth-order valence-corrected chi connectivity index (χ4v) is 2.46. The lowest BCUT2D eigenvalue weighted by Gasteiger charge is -2.09. The van der Waals surface area contributed by atoms with Crippen LogP contribution in [0.4, 0.5) is 5.00 Å². The molecule has 0 amide bonds. The van der Waals surface area contributed by atoms with Crippen LogP contribution in [0.2, 0.25) is 0 Å². The van der Waals surface area contributed by atoms with E-state index in [4.69, 9.17) is 5.21 Å². The number of hydrogen-bond donors (Lipinski definition) is 2. The van der Waals surface area contributed by atoms with Gasteiger partial charge in [-0.1, -0.05) is 11.3 Å². The summed E-state index contributed by atoms with van der Waals surface area (Å²) in [5.41, 5.74) is 0.484. The van der Waals surface area contributed by atoms with Crippen LogP contribution in [0.1, 0.15) is 12.5 Å². The van der Waals surface area contributed by atoms with Gasteiger partial charge >= 0.3 is 5.97 Å². The predicted octanol–water partition coefficient (Wildman–Crippen LogP) is 1.49. The Morgan fingerprint density at radius 3 is 3.06 bits per heavy atom. The maximum atomic E-state index is 11.0. The molecule has 1 aromatic rings. The van der Waals surface area contributed by atoms with Crippen molar-refractivity contribution >= 4 is 44.3 Å².